The van der Waals surface area contributed by atoms with Crippen LogP contribution >= 0.6 is 0 Å². The zero-order valence-corrected chi connectivity index (χ0v) is 15.2. The van der Waals surface area contributed by atoms with Crippen LogP contribution in [0.15, 0.2) is 66.9 Å². The van der Waals surface area contributed by atoms with Crippen molar-refractivity contribution in [2.75, 3.05) is 23.8 Å². The van der Waals surface area contributed by atoms with Gasteiger partial charge in [-0.15, -0.1) is 0 Å². The van der Waals surface area contributed by atoms with Gasteiger partial charge in [0.1, 0.15) is 5.82 Å². The van der Waals surface area contributed by atoms with Gasteiger partial charge in [-0.25, -0.2) is 9.78 Å². The smallest absolute Gasteiger partial charge is 0.338 e. The highest BCUT2D eigenvalue weighted by Gasteiger charge is 2.06. The molecule has 0 aliphatic carbocycles. The van der Waals surface area contributed by atoms with Crippen molar-refractivity contribution in [1.82, 2.24) is 9.97 Å². The van der Waals surface area contributed by atoms with E-state index in [2.05, 4.69) is 32.7 Å². The van der Waals surface area contributed by atoms with Gasteiger partial charge in [0, 0.05) is 18.4 Å². The molecule has 0 unspecified atom stereocenters. The van der Waals surface area contributed by atoms with E-state index in [9.17, 15) is 4.79 Å². The Morgan fingerprint density at radius 1 is 1.04 bits per heavy atom. The van der Waals surface area contributed by atoms with Crippen molar-refractivity contribution in [2.45, 2.75) is 13.3 Å². The maximum atomic E-state index is 11.7. The second-order valence-corrected chi connectivity index (χ2v) is 5.85. The number of esters is 1. The molecule has 0 spiro atoms. The fraction of sp³-hybridized carbons (Fsp3) is 0.190. The molecule has 27 heavy (non-hydrogen) atoms. The van der Waals surface area contributed by atoms with Crippen LogP contribution in [0.1, 0.15) is 22.8 Å². The second kappa shape index (κ2) is 9.33. The van der Waals surface area contributed by atoms with E-state index in [1.807, 2.05) is 30.3 Å². The molecule has 0 aliphatic heterocycles. The van der Waals surface area contributed by atoms with Gasteiger partial charge in [-0.1, -0.05) is 30.3 Å². The van der Waals surface area contributed by atoms with Crippen LogP contribution in [0.3, 0.4) is 0 Å². The second-order valence-electron chi connectivity index (χ2n) is 5.85. The highest BCUT2D eigenvalue weighted by molar-refractivity contribution is 5.89. The summed E-state index contributed by atoms with van der Waals surface area (Å²) < 4.78 is 4.98. The van der Waals surface area contributed by atoms with Crippen LogP contribution < -0.4 is 10.6 Å². The first-order chi connectivity index (χ1) is 13.2. The van der Waals surface area contributed by atoms with Crippen molar-refractivity contribution < 1.29 is 9.53 Å². The molecule has 0 bridgehead atoms. The molecule has 2 aromatic carbocycles. The van der Waals surface area contributed by atoms with Crippen molar-refractivity contribution >= 4 is 23.4 Å². The number of rotatable bonds is 8. The van der Waals surface area contributed by atoms with Crippen LogP contribution in [-0.4, -0.2) is 29.1 Å². The van der Waals surface area contributed by atoms with Crippen molar-refractivity contribution in [2.24, 2.45) is 0 Å². The normalized spacial score (nSPS) is 10.3. The highest BCUT2D eigenvalue weighted by atomic mass is 16.5. The first-order valence-electron chi connectivity index (χ1n) is 8.89. The number of carbonyl (C=O) groups is 1. The maximum absolute atomic E-state index is 11.7. The van der Waals surface area contributed by atoms with Gasteiger partial charge in [-0.3, -0.25) is 0 Å². The van der Waals surface area contributed by atoms with Gasteiger partial charge in [0.2, 0.25) is 5.95 Å². The third-order valence-electron chi connectivity index (χ3n) is 3.86. The Bertz CT molecular complexity index is 867. The summed E-state index contributed by atoms with van der Waals surface area (Å²) in [4.78, 5) is 20.4. The lowest BCUT2D eigenvalue weighted by atomic mass is 10.1. The van der Waals surface area contributed by atoms with E-state index in [4.69, 9.17) is 4.74 Å². The summed E-state index contributed by atoms with van der Waals surface area (Å²) in [7, 11) is 0. The molecular weight excluding hydrogens is 340 g/mol. The van der Waals surface area contributed by atoms with Gasteiger partial charge in [-0.2, -0.15) is 4.98 Å². The molecule has 1 aromatic heterocycles. The molecule has 0 saturated heterocycles. The van der Waals surface area contributed by atoms with Gasteiger partial charge in [0.15, 0.2) is 0 Å². The lowest BCUT2D eigenvalue weighted by Crippen LogP contribution is -2.08. The molecule has 0 atom stereocenters. The molecule has 6 nitrogen and oxygen atoms in total. The van der Waals surface area contributed by atoms with E-state index >= 15 is 0 Å². The van der Waals surface area contributed by atoms with Crippen molar-refractivity contribution in [3.63, 3.8) is 0 Å². The predicted molar refractivity (Wildman–Crippen MR) is 106 cm³/mol. The Balaban J connectivity index is 1.56. The predicted octanol–water partition coefficient (Wildman–Crippen LogP) is 4.05. The summed E-state index contributed by atoms with van der Waals surface area (Å²) in [6.07, 6.45) is 2.60. The van der Waals surface area contributed by atoms with Crippen LogP contribution in [0.25, 0.3) is 0 Å². The molecule has 0 amide bonds. The number of nitrogens with zero attached hydrogens (tertiary/aromatic N) is 2. The molecule has 138 valence electrons. The number of hydrogen-bond acceptors (Lipinski definition) is 6. The number of carbonyl (C=O) groups excluding carboxylic acids is 1. The van der Waals surface area contributed by atoms with Crippen LogP contribution in [0.5, 0.6) is 0 Å². The minimum Gasteiger partial charge on any atom is -0.462 e. The lowest BCUT2D eigenvalue weighted by molar-refractivity contribution is 0.0526. The largest absolute Gasteiger partial charge is 0.462 e. The van der Waals surface area contributed by atoms with E-state index in [-0.39, 0.29) is 5.97 Å². The molecule has 1 heterocycles. The number of nitrogens with one attached hydrogen (secondary N) is 2. The zero-order chi connectivity index (χ0) is 18.9. The van der Waals surface area contributed by atoms with Crippen LogP contribution in [0.4, 0.5) is 17.5 Å². The van der Waals surface area contributed by atoms with Gasteiger partial charge in [0.25, 0.3) is 0 Å². The number of anilines is 3. The number of benzene rings is 2. The number of ether oxygens (including phenoxy) is 1. The summed E-state index contributed by atoms with van der Waals surface area (Å²) >= 11 is 0. The SMILES string of the molecule is CCOC(=O)c1ccc(Nc2ccnc(NCCc3ccccc3)n2)cc1. The quantitative estimate of drug-likeness (QED) is 0.589. The van der Waals surface area contributed by atoms with Crippen LogP contribution in [-0.2, 0) is 11.2 Å². The molecule has 6 heteroatoms. The van der Waals surface area contributed by atoms with Crippen molar-refractivity contribution in [3.8, 4) is 0 Å². The topological polar surface area (TPSA) is 76.1 Å². The molecule has 3 rings (SSSR count). The van der Waals surface area contributed by atoms with Crippen LogP contribution in [0.2, 0.25) is 0 Å². The average molecular weight is 362 g/mol. The Labute approximate surface area is 158 Å². The summed E-state index contributed by atoms with van der Waals surface area (Å²) in [5.74, 6) is 0.922. The van der Waals surface area contributed by atoms with Gasteiger partial charge in [0.05, 0.1) is 12.2 Å². The van der Waals surface area contributed by atoms with Crippen molar-refractivity contribution in [3.05, 3.63) is 78.0 Å². The van der Waals surface area contributed by atoms with E-state index < -0.39 is 0 Å². The third kappa shape index (κ3) is 5.54. The van der Waals surface area contributed by atoms with E-state index in [0.717, 1.165) is 18.7 Å². The van der Waals surface area contributed by atoms with E-state index in [0.29, 0.717) is 23.9 Å². The first kappa shape index (κ1) is 18.4. The van der Waals surface area contributed by atoms with E-state index in [1.54, 1.807) is 31.3 Å². The third-order valence-corrected chi connectivity index (χ3v) is 3.86. The molecule has 0 radical (unpaired) electrons. The molecule has 3 aromatic rings. The fourth-order valence-corrected chi connectivity index (χ4v) is 2.53. The lowest BCUT2D eigenvalue weighted by Gasteiger charge is -2.09. The summed E-state index contributed by atoms with van der Waals surface area (Å²) in [5.41, 5.74) is 2.62. The first-order valence-corrected chi connectivity index (χ1v) is 8.89. The molecular formula is C21H22N4O2. The Hall–Kier alpha value is -3.41. The summed E-state index contributed by atoms with van der Waals surface area (Å²) in [6.45, 7) is 2.90. The standard InChI is InChI=1S/C21H22N4O2/c1-2-27-20(26)17-8-10-18(11-9-17)24-19-13-15-23-21(25-19)22-14-12-16-6-4-3-5-7-16/h3-11,13,15H,2,12,14H2,1H3,(H2,22,23,24,25). The minimum absolute atomic E-state index is 0.323. The fourth-order valence-electron chi connectivity index (χ4n) is 2.53. The minimum atomic E-state index is -0.323. The van der Waals surface area contributed by atoms with Crippen LogP contribution in [0, 0.1) is 0 Å². The Kier molecular flexibility index (Phi) is 6.35. The molecule has 0 aliphatic rings. The summed E-state index contributed by atoms with van der Waals surface area (Å²) in [5, 5.41) is 6.44. The Morgan fingerprint density at radius 3 is 2.56 bits per heavy atom. The average Bonchev–Trinajstić information content (AvgIpc) is 2.70. The molecule has 0 saturated carbocycles. The van der Waals surface area contributed by atoms with Gasteiger partial charge in [-0.05, 0) is 49.2 Å². The number of hydrogen-bond donors (Lipinski definition) is 2. The van der Waals surface area contributed by atoms with Gasteiger partial charge >= 0.3 is 5.97 Å². The van der Waals surface area contributed by atoms with Gasteiger partial charge < -0.3 is 15.4 Å². The van der Waals surface area contributed by atoms with E-state index in [1.165, 1.54) is 5.56 Å². The molecule has 2 N–H and O–H groups in total. The monoisotopic (exact) mass is 362 g/mol. The maximum Gasteiger partial charge on any atom is 0.338 e. The Morgan fingerprint density at radius 2 is 1.81 bits per heavy atom. The highest BCUT2D eigenvalue weighted by Crippen LogP contribution is 2.16. The van der Waals surface area contributed by atoms with Crippen molar-refractivity contribution in [1.29, 1.82) is 0 Å². The molecule has 0 fully saturated rings. The zero-order valence-electron chi connectivity index (χ0n) is 15.2. The number of aromatic nitrogens is 2. The summed E-state index contributed by atoms with van der Waals surface area (Å²) in [6, 6.07) is 19.1.